The van der Waals surface area contributed by atoms with Crippen molar-refractivity contribution < 1.29 is 14.3 Å². The topological polar surface area (TPSA) is 35.5 Å². The first-order chi connectivity index (χ1) is 14.1. The summed E-state index contributed by atoms with van der Waals surface area (Å²) >= 11 is 0. The second kappa shape index (κ2) is 21.9. The minimum atomic E-state index is -0.323. The molecule has 0 aromatic rings. The van der Waals surface area contributed by atoms with Crippen molar-refractivity contribution in [1.82, 2.24) is 0 Å². The summed E-state index contributed by atoms with van der Waals surface area (Å²) in [5.41, 5.74) is 0.445. The molecule has 0 bridgehead atoms. The van der Waals surface area contributed by atoms with Crippen LogP contribution in [0.5, 0.6) is 0 Å². The number of hydrogen-bond donors (Lipinski definition) is 0. The Bertz CT molecular complexity index is 378. The standard InChI is InChI=1S/C26H50O3/c1-5-7-9-11-13-14-16-18-20-25(19-17-15-12-10-8-6-2)23-28-21-22-29-26(27)24(3)4/h25H,3,5-23H2,1-2,4H3. The van der Waals surface area contributed by atoms with Crippen molar-refractivity contribution in [3.63, 3.8) is 0 Å². The van der Waals surface area contributed by atoms with Gasteiger partial charge >= 0.3 is 5.97 Å². The predicted octanol–water partition coefficient (Wildman–Crippen LogP) is 8.02. The van der Waals surface area contributed by atoms with E-state index >= 15 is 0 Å². The lowest BCUT2D eigenvalue weighted by Crippen LogP contribution is -2.15. The van der Waals surface area contributed by atoms with E-state index in [4.69, 9.17) is 9.47 Å². The van der Waals surface area contributed by atoms with Crippen molar-refractivity contribution in [2.75, 3.05) is 19.8 Å². The first-order valence-corrected chi connectivity index (χ1v) is 12.5. The summed E-state index contributed by atoms with van der Waals surface area (Å²) in [6.07, 6.45) is 21.6. The number of unbranched alkanes of at least 4 members (excludes halogenated alkanes) is 12. The van der Waals surface area contributed by atoms with E-state index in [0.29, 0.717) is 24.7 Å². The van der Waals surface area contributed by atoms with Crippen molar-refractivity contribution >= 4 is 5.97 Å². The number of esters is 1. The molecule has 0 N–H and O–H groups in total. The van der Waals surface area contributed by atoms with E-state index in [0.717, 1.165) is 6.61 Å². The number of rotatable bonds is 22. The Morgan fingerprint density at radius 2 is 1.17 bits per heavy atom. The van der Waals surface area contributed by atoms with Gasteiger partial charge in [-0.3, -0.25) is 0 Å². The molecule has 3 heteroatoms. The molecule has 0 fully saturated rings. The van der Waals surface area contributed by atoms with Gasteiger partial charge in [0.15, 0.2) is 0 Å². The molecule has 0 saturated carbocycles. The predicted molar refractivity (Wildman–Crippen MR) is 125 cm³/mol. The van der Waals surface area contributed by atoms with Crippen LogP contribution in [-0.2, 0) is 14.3 Å². The number of carbonyl (C=O) groups is 1. The fraction of sp³-hybridized carbons (Fsp3) is 0.885. The Morgan fingerprint density at radius 1 is 0.724 bits per heavy atom. The van der Waals surface area contributed by atoms with Gasteiger partial charge in [0.2, 0.25) is 0 Å². The molecule has 3 nitrogen and oxygen atoms in total. The molecule has 0 aliphatic heterocycles. The molecule has 0 rings (SSSR count). The summed E-state index contributed by atoms with van der Waals surface area (Å²) < 4.78 is 10.9. The maximum atomic E-state index is 11.4. The zero-order valence-electron chi connectivity index (χ0n) is 19.9. The monoisotopic (exact) mass is 410 g/mol. The summed E-state index contributed by atoms with van der Waals surface area (Å²) in [6.45, 7) is 11.4. The molecule has 0 aromatic carbocycles. The molecule has 0 aromatic heterocycles. The normalized spacial score (nSPS) is 12.1. The Balaban J connectivity index is 3.93. The van der Waals surface area contributed by atoms with Gasteiger partial charge in [0, 0.05) is 12.2 Å². The Kier molecular flexibility index (Phi) is 21.2. The van der Waals surface area contributed by atoms with Gasteiger partial charge in [-0.25, -0.2) is 4.79 Å². The average Bonchev–Trinajstić information content (AvgIpc) is 2.71. The lowest BCUT2D eigenvalue weighted by molar-refractivity contribution is -0.140. The van der Waals surface area contributed by atoms with Crippen LogP contribution >= 0.6 is 0 Å². The summed E-state index contributed by atoms with van der Waals surface area (Å²) in [5, 5.41) is 0. The molecule has 0 amide bonds. The van der Waals surface area contributed by atoms with Crippen molar-refractivity contribution in [1.29, 1.82) is 0 Å². The van der Waals surface area contributed by atoms with E-state index in [1.807, 2.05) is 0 Å². The fourth-order valence-electron chi connectivity index (χ4n) is 3.66. The van der Waals surface area contributed by atoms with Crippen LogP contribution in [0, 0.1) is 5.92 Å². The van der Waals surface area contributed by atoms with Crippen LogP contribution in [0.1, 0.15) is 124 Å². The third-order valence-electron chi connectivity index (χ3n) is 5.59. The van der Waals surface area contributed by atoms with Crippen molar-refractivity contribution in [2.24, 2.45) is 5.92 Å². The minimum Gasteiger partial charge on any atom is -0.460 e. The lowest BCUT2D eigenvalue weighted by Gasteiger charge is -2.17. The smallest absolute Gasteiger partial charge is 0.333 e. The van der Waals surface area contributed by atoms with E-state index in [1.54, 1.807) is 6.92 Å². The molecule has 0 spiro atoms. The van der Waals surface area contributed by atoms with Crippen molar-refractivity contribution in [3.05, 3.63) is 12.2 Å². The zero-order chi connectivity index (χ0) is 21.6. The van der Waals surface area contributed by atoms with Gasteiger partial charge in [-0.2, -0.15) is 0 Å². The quantitative estimate of drug-likeness (QED) is 0.103. The van der Waals surface area contributed by atoms with Gasteiger partial charge in [-0.1, -0.05) is 110 Å². The minimum absolute atomic E-state index is 0.323. The van der Waals surface area contributed by atoms with E-state index in [9.17, 15) is 4.79 Å². The van der Waals surface area contributed by atoms with E-state index in [2.05, 4.69) is 20.4 Å². The summed E-state index contributed by atoms with van der Waals surface area (Å²) in [7, 11) is 0. The largest absolute Gasteiger partial charge is 0.460 e. The fourth-order valence-corrected chi connectivity index (χ4v) is 3.66. The number of ether oxygens (including phenoxy) is 2. The highest BCUT2D eigenvalue weighted by molar-refractivity contribution is 5.86. The van der Waals surface area contributed by atoms with E-state index < -0.39 is 0 Å². The van der Waals surface area contributed by atoms with Gasteiger partial charge in [-0.15, -0.1) is 0 Å². The summed E-state index contributed by atoms with van der Waals surface area (Å²) in [6, 6.07) is 0. The number of carbonyl (C=O) groups excluding carboxylic acids is 1. The van der Waals surface area contributed by atoms with Crippen LogP contribution in [0.15, 0.2) is 12.2 Å². The summed E-state index contributed by atoms with van der Waals surface area (Å²) in [5.74, 6) is 0.328. The average molecular weight is 411 g/mol. The highest BCUT2D eigenvalue weighted by Gasteiger charge is 2.10. The molecule has 1 atom stereocenters. The van der Waals surface area contributed by atoms with Gasteiger partial charge < -0.3 is 9.47 Å². The first kappa shape index (κ1) is 28.2. The molecule has 29 heavy (non-hydrogen) atoms. The maximum absolute atomic E-state index is 11.4. The third kappa shape index (κ3) is 20.2. The third-order valence-corrected chi connectivity index (χ3v) is 5.59. The Hall–Kier alpha value is -0.830. The molecule has 0 aliphatic carbocycles. The summed E-state index contributed by atoms with van der Waals surface area (Å²) in [4.78, 5) is 11.4. The van der Waals surface area contributed by atoms with Crippen LogP contribution in [0.25, 0.3) is 0 Å². The molecule has 1 unspecified atom stereocenters. The van der Waals surface area contributed by atoms with Crippen LogP contribution in [0.3, 0.4) is 0 Å². The molecule has 0 saturated heterocycles. The Labute approximate surface area is 182 Å². The van der Waals surface area contributed by atoms with Gasteiger partial charge in [0.1, 0.15) is 6.61 Å². The van der Waals surface area contributed by atoms with Crippen LogP contribution in [-0.4, -0.2) is 25.8 Å². The second-order valence-corrected chi connectivity index (χ2v) is 8.68. The Morgan fingerprint density at radius 3 is 1.62 bits per heavy atom. The van der Waals surface area contributed by atoms with Gasteiger partial charge in [0.05, 0.1) is 6.61 Å². The van der Waals surface area contributed by atoms with Crippen molar-refractivity contribution in [3.8, 4) is 0 Å². The highest BCUT2D eigenvalue weighted by atomic mass is 16.6. The number of hydrogen-bond acceptors (Lipinski definition) is 3. The SMILES string of the molecule is C=C(C)C(=O)OCCOCC(CCCCCCCC)CCCCCCCCCC. The lowest BCUT2D eigenvalue weighted by atomic mass is 9.94. The van der Waals surface area contributed by atoms with E-state index in [-0.39, 0.29) is 5.97 Å². The van der Waals surface area contributed by atoms with Crippen molar-refractivity contribution in [2.45, 2.75) is 124 Å². The van der Waals surface area contributed by atoms with E-state index in [1.165, 1.54) is 103 Å². The molecule has 0 heterocycles. The maximum Gasteiger partial charge on any atom is 0.333 e. The van der Waals surface area contributed by atoms with Crippen LogP contribution < -0.4 is 0 Å². The van der Waals surface area contributed by atoms with Gasteiger partial charge in [-0.05, 0) is 25.7 Å². The van der Waals surface area contributed by atoms with Gasteiger partial charge in [0.25, 0.3) is 0 Å². The van der Waals surface area contributed by atoms with Crippen LogP contribution in [0.4, 0.5) is 0 Å². The molecular weight excluding hydrogens is 360 g/mol. The van der Waals surface area contributed by atoms with Crippen LogP contribution in [0.2, 0.25) is 0 Å². The molecular formula is C26H50O3. The first-order valence-electron chi connectivity index (χ1n) is 12.5. The second-order valence-electron chi connectivity index (χ2n) is 8.68. The zero-order valence-corrected chi connectivity index (χ0v) is 19.9. The molecule has 172 valence electrons. The molecule has 0 aliphatic rings. The molecule has 0 radical (unpaired) electrons. The highest BCUT2D eigenvalue weighted by Crippen LogP contribution is 2.20.